The van der Waals surface area contributed by atoms with E-state index in [9.17, 15) is 4.79 Å². The molecule has 1 N–H and O–H groups in total. The minimum atomic E-state index is -0.0309. The molecule has 124 valence electrons. The Labute approximate surface area is 139 Å². The summed E-state index contributed by atoms with van der Waals surface area (Å²) in [4.78, 5) is 14.3. The first-order valence-electron chi connectivity index (χ1n) is 8.15. The van der Waals surface area contributed by atoms with E-state index in [0.29, 0.717) is 13.1 Å². The summed E-state index contributed by atoms with van der Waals surface area (Å²) < 4.78 is 3.78. The topological polar surface area (TPSA) is 67.5 Å². The second kappa shape index (κ2) is 5.99. The Morgan fingerprint density at radius 1 is 1.33 bits per heavy atom. The molecule has 1 saturated heterocycles. The number of aromatic nitrogens is 4. The number of hydrogen-bond donors (Lipinski definition) is 1. The number of rotatable bonds is 3. The molecule has 1 aliphatic rings. The van der Waals surface area contributed by atoms with Gasteiger partial charge in [0.15, 0.2) is 0 Å². The number of carbonyl (C=O) groups is 1. The summed E-state index contributed by atoms with van der Waals surface area (Å²) >= 11 is 0. The molecule has 0 saturated carbocycles. The molecule has 0 radical (unpaired) electrons. The molecular weight excluding hydrogens is 304 g/mol. The van der Waals surface area contributed by atoms with E-state index >= 15 is 0 Å². The fraction of sp³-hybridized carbons (Fsp3) is 0.353. The largest absolute Gasteiger partial charge is 0.334 e. The molecular formula is C17H20N6O. The number of fused-ring (bicyclic) bond motifs is 1. The van der Waals surface area contributed by atoms with E-state index in [2.05, 4.69) is 15.5 Å². The highest BCUT2D eigenvalue weighted by molar-refractivity contribution is 5.74. The van der Waals surface area contributed by atoms with Crippen LogP contribution in [0.5, 0.6) is 0 Å². The fourth-order valence-electron chi connectivity index (χ4n) is 3.18. The molecule has 1 atom stereocenters. The van der Waals surface area contributed by atoms with E-state index < -0.39 is 0 Å². The zero-order valence-electron chi connectivity index (χ0n) is 13.6. The van der Waals surface area contributed by atoms with Crippen molar-refractivity contribution in [1.29, 1.82) is 0 Å². The van der Waals surface area contributed by atoms with Gasteiger partial charge in [0.05, 0.1) is 24.0 Å². The molecule has 0 aliphatic carbocycles. The Morgan fingerprint density at radius 3 is 3.08 bits per heavy atom. The number of urea groups is 1. The van der Waals surface area contributed by atoms with E-state index in [1.54, 1.807) is 6.20 Å². The van der Waals surface area contributed by atoms with Crippen molar-refractivity contribution >= 4 is 11.5 Å². The summed E-state index contributed by atoms with van der Waals surface area (Å²) in [6, 6.07) is 6.14. The molecule has 0 spiro atoms. The quantitative estimate of drug-likeness (QED) is 0.801. The Balaban J connectivity index is 1.37. The van der Waals surface area contributed by atoms with Crippen LogP contribution in [0.15, 0.2) is 43.0 Å². The molecule has 0 aromatic carbocycles. The zero-order chi connectivity index (χ0) is 16.5. The van der Waals surface area contributed by atoms with Gasteiger partial charge in [0.25, 0.3) is 0 Å². The molecule has 2 amide bonds. The molecule has 3 aromatic heterocycles. The molecule has 1 aliphatic heterocycles. The van der Waals surface area contributed by atoms with Gasteiger partial charge in [-0.25, -0.2) is 9.31 Å². The van der Waals surface area contributed by atoms with Gasteiger partial charge >= 0.3 is 6.03 Å². The highest BCUT2D eigenvalue weighted by Gasteiger charge is 2.27. The van der Waals surface area contributed by atoms with Crippen molar-refractivity contribution in [3.63, 3.8) is 0 Å². The molecule has 4 rings (SSSR count). The Hall–Kier alpha value is -2.83. The van der Waals surface area contributed by atoms with Crippen LogP contribution in [0, 0.1) is 6.92 Å². The lowest BCUT2D eigenvalue weighted by Gasteiger charge is -2.17. The van der Waals surface area contributed by atoms with Crippen molar-refractivity contribution in [2.24, 2.45) is 0 Å². The summed E-state index contributed by atoms with van der Waals surface area (Å²) in [5.74, 6) is 0. The number of amides is 2. The summed E-state index contributed by atoms with van der Waals surface area (Å²) in [6.07, 6.45) is 8.52. The van der Waals surface area contributed by atoms with E-state index in [0.717, 1.165) is 29.6 Å². The number of hydrogen-bond acceptors (Lipinski definition) is 3. The summed E-state index contributed by atoms with van der Waals surface area (Å²) in [5.41, 5.74) is 3.18. The van der Waals surface area contributed by atoms with E-state index in [-0.39, 0.29) is 12.1 Å². The number of nitrogens with one attached hydrogen (secondary N) is 1. The maximum atomic E-state index is 12.4. The molecule has 7 nitrogen and oxygen atoms in total. The van der Waals surface area contributed by atoms with Crippen LogP contribution in [0.4, 0.5) is 4.79 Å². The normalized spacial score (nSPS) is 17.5. The van der Waals surface area contributed by atoms with E-state index in [1.165, 1.54) is 0 Å². The standard InChI is InChI=1S/C17H20N6O/c1-13-8-19-23(11-13)15-5-7-21(12-15)17(24)18-9-14-10-20-22-6-3-2-4-16(14)22/h2-4,6,8,10-11,15H,5,7,9,12H2,1H3,(H,18,24). The predicted octanol–water partition coefficient (Wildman–Crippen LogP) is 2.00. The first-order chi connectivity index (χ1) is 11.7. The molecule has 3 aromatic rings. The van der Waals surface area contributed by atoms with Crippen molar-refractivity contribution in [2.75, 3.05) is 13.1 Å². The maximum Gasteiger partial charge on any atom is 0.317 e. The summed E-state index contributed by atoms with van der Waals surface area (Å²) in [6.45, 7) is 3.96. The molecule has 0 bridgehead atoms. The second-order valence-electron chi connectivity index (χ2n) is 6.25. The van der Waals surface area contributed by atoms with Crippen LogP contribution in [0.2, 0.25) is 0 Å². The first-order valence-corrected chi connectivity index (χ1v) is 8.15. The summed E-state index contributed by atoms with van der Waals surface area (Å²) in [5, 5.41) is 11.6. The van der Waals surface area contributed by atoms with Gasteiger partial charge in [0.1, 0.15) is 0 Å². The van der Waals surface area contributed by atoms with E-state index in [1.807, 2.05) is 57.8 Å². The monoisotopic (exact) mass is 324 g/mol. The van der Waals surface area contributed by atoms with Crippen molar-refractivity contribution < 1.29 is 4.79 Å². The number of aryl methyl sites for hydroxylation is 1. The van der Waals surface area contributed by atoms with Gasteiger partial charge in [-0.15, -0.1) is 0 Å². The van der Waals surface area contributed by atoms with Crippen molar-refractivity contribution in [2.45, 2.75) is 25.9 Å². The average Bonchev–Trinajstić information content (AvgIpc) is 3.31. The molecule has 1 unspecified atom stereocenters. The third kappa shape index (κ3) is 2.73. The highest BCUT2D eigenvalue weighted by atomic mass is 16.2. The van der Waals surface area contributed by atoms with Gasteiger partial charge in [0.2, 0.25) is 0 Å². The van der Waals surface area contributed by atoms with Crippen LogP contribution in [0.3, 0.4) is 0 Å². The van der Waals surface area contributed by atoms with Crippen LogP contribution in [-0.2, 0) is 6.54 Å². The molecule has 7 heteroatoms. The van der Waals surface area contributed by atoms with Gasteiger partial charge in [0, 0.05) is 37.6 Å². The van der Waals surface area contributed by atoms with Gasteiger partial charge in [-0.3, -0.25) is 4.68 Å². The average molecular weight is 324 g/mol. The van der Waals surface area contributed by atoms with Crippen LogP contribution in [-0.4, -0.2) is 43.4 Å². The smallest absolute Gasteiger partial charge is 0.317 e. The maximum absolute atomic E-state index is 12.4. The third-order valence-electron chi connectivity index (χ3n) is 4.49. The van der Waals surface area contributed by atoms with Gasteiger partial charge < -0.3 is 10.2 Å². The third-order valence-corrected chi connectivity index (χ3v) is 4.49. The highest BCUT2D eigenvalue weighted by Crippen LogP contribution is 2.21. The molecule has 24 heavy (non-hydrogen) atoms. The summed E-state index contributed by atoms with van der Waals surface area (Å²) in [7, 11) is 0. The minimum absolute atomic E-state index is 0.0309. The number of pyridine rings is 1. The lowest BCUT2D eigenvalue weighted by Crippen LogP contribution is -2.38. The Kier molecular flexibility index (Phi) is 3.68. The molecule has 1 fully saturated rings. The van der Waals surface area contributed by atoms with Gasteiger partial charge in [-0.1, -0.05) is 6.07 Å². The minimum Gasteiger partial charge on any atom is -0.334 e. The van der Waals surface area contributed by atoms with Crippen LogP contribution in [0.1, 0.15) is 23.6 Å². The zero-order valence-corrected chi connectivity index (χ0v) is 13.6. The lowest BCUT2D eigenvalue weighted by atomic mass is 10.2. The second-order valence-corrected chi connectivity index (χ2v) is 6.25. The Bertz CT molecular complexity index is 867. The van der Waals surface area contributed by atoms with E-state index in [4.69, 9.17) is 0 Å². The van der Waals surface area contributed by atoms with Crippen LogP contribution < -0.4 is 5.32 Å². The molecule has 4 heterocycles. The van der Waals surface area contributed by atoms with Crippen molar-refractivity contribution in [3.8, 4) is 0 Å². The Morgan fingerprint density at radius 2 is 2.25 bits per heavy atom. The number of carbonyl (C=O) groups excluding carboxylic acids is 1. The number of likely N-dealkylation sites (tertiary alicyclic amines) is 1. The lowest BCUT2D eigenvalue weighted by molar-refractivity contribution is 0.206. The SMILES string of the molecule is Cc1cnn(C2CCN(C(=O)NCc3cnn4ccccc34)C2)c1. The van der Waals surface area contributed by atoms with Crippen molar-refractivity contribution in [1.82, 2.24) is 29.6 Å². The fourth-order valence-corrected chi connectivity index (χ4v) is 3.18. The number of nitrogens with zero attached hydrogens (tertiary/aromatic N) is 5. The van der Waals surface area contributed by atoms with Gasteiger partial charge in [-0.05, 0) is 31.0 Å². The van der Waals surface area contributed by atoms with Crippen LogP contribution in [0.25, 0.3) is 5.52 Å². The van der Waals surface area contributed by atoms with Crippen LogP contribution >= 0.6 is 0 Å². The van der Waals surface area contributed by atoms with Crippen molar-refractivity contribution in [3.05, 3.63) is 54.1 Å². The first kappa shape index (κ1) is 14.7. The predicted molar refractivity (Wildman–Crippen MR) is 89.6 cm³/mol. The van der Waals surface area contributed by atoms with Gasteiger partial charge in [-0.2, -0.15) is 10.2 Å².